The van der Waals surface area contributed by atoms with Crippen LogP contribution >= 0.6 is 0 Å². The molecule has 2 aliphatic rings. The smallest absolute Gasteiger partial charge is 0.0802 e. The Kier molecular flexibility index (Phi) is 4.71. The highest BCUT2D eigenvalue weighted by molar-refractivity contribution is 5.80. The van der Waals surface area contributed by atoms with E-state index in [-0.39, 0.29) is 22.8 Å². The van der Waals surface area contributed by atoms with Gasteiger partial charge in [-0.25, -0.2) is 0 Å². The number of hydrogen-bond donors (Lipinski definition) is 2. The molecule has 1 fully saturated rings. The number of nitrogens with one attached hydrogen (secondary N) is 1. The third-order valence-electron chi connectivity index (χ3n) is 6.65. The maximum Gasteiger partial charge on any atom is 0.0802 e. The number of fused-ring (bicyclic) bond motifs is 3. The summed E-state index contributed by atoms with van der Waals surface area (Å²) < 4.78 is 0. The third-order valence-corrected chi connectivity index (χ3v) is 6.65. The predicted octanol–water partition coefficient (Wildman–Crippen LogP) is 5.51. The molecule has 2 N–H and O–H groups in total. The first-order chi connectivity index (χ1) is 13.1. The number of aliphatic hydroxyl groups is 1. The molecule has 2 heteroatoms. The lowest BCUT2D eigenvalue weighted by Crippen LogP contribution is -2.38. The van der Waals surface area contributed by atoms with Crippen molar-refractivity contribution in [3.05, 3.63) is 58.7 Å². The zero-order chi connectivity index (χ0) is 20.3. The second-order valence-corrected chi connectivity index (χ2v) is 10.8. The minimum atomic E-state index is -0.395. The summed E-state index contributed by atoms with van der Waals surface area (Å²) in [4.78, 5) is 0. The van der Waals surface area contributed by atoms with Crippen molar-refractivity contribution in [1.29, 1.82) is 0 Å². The quantitative estimate of drug-likeness (QED) is 0.723. The van der Waals surface area contributed by atoms with Gasteiger partial charge in [-0.15, -0.1) is 0 Å². The van der Waals surface area contributed by atoms with Crippen LogP contribution in [0.15, 0.2) is 36.4 Å². The summed E-state index contributed by atoms with van der Waals surface area (Å²) in [6, 6.07) is 14.0. The Morgan fingerprint density at radius 2 is 1.36 bits per heavy atom. The molecule has 4 rings (SSSR count). The lowest BCUT2D eigenvalue weighted by atomic mass is 9.80. The van der Waals surface area contributed by atoms with Crippen LogP contribution in [0.1, 0.15) is 82.6 Å². The largest absolute Gasteiger partial charge is 0.391 e. The molecule has 2 aromatic rings. The molecular formula is C26H35NO. The van der Waals surface area contributed by atoms with Crippen LogP contribution in [-0.2, 0) is 10.8 Å². The van der Waals surface area contributed by atoms with E-state index < -0.39 is 6.10 Å². The van der Waals surface area contributed by atoms with Crippen LogP contribution in [-0.4, -0.2) is 23.8 Å². The van der Waals surface area contributed by atoms with Crippen LogP contribution in [0.4, 0.5) is 0 Å². The van der Waals surface area contributed by atoms with E-state index in [1.54, 1.807) is 0 Å². The van der Waals surface area contributed by atoms with Crippen LogP contribution in [0.5, 0.6) is 0 Å². The van der Waals surface area contributed by atoms with Crippen molar-refractivity contribution in [3.8, 4) is 11.1 Å². The monoisotopic (exact) mass is 377 g/mol. The second-order valence-electron chi connectivity index (χ2n) is 10.8. The Labute approximate surface area is 170 Å². The van der Waals surface area contributed by atoms with E-state index in [2.05, 4.69) is 83.3 Å². The van der Waals surface area contributed by atoms with Crippen LogP contribution in [0.25, 0.3) is 11.1 Å². The summed E-state index contributed by atoms with van der Waals surface area (Å²) in [5, 5.41) is 15.0. The van der Waals surface area contributed by atoms with E-state index in [1.807, 2.05) is 0 Å². The minimum absolute atomic E-state index is 0.0465. The molecule has 0 unspecified atom stereocenters. The van der Waals surface area contributed by atoms with Gasteiger partial charge in [-0.1, -0.05) is 77.9 Å². The summed E-state index contributed by atoms with van der Waals surface area (Å²) in [6.07, 6.45) is 1.81. The highest BCUT2D eigenvalue weighted by atomic mass is 16.3. The van der Waals surface area contributed by atoms with Crippen molar-refractivity contribution in [3.63, 3.8) is 0 Å². The van der Waals surface area contributed by atoms with Crippen LogP contribution in [0.3, 0.4) is 0 Å². The molecule has 0 saturated carbocycles. The first-order valence-corrected chi connectivity index (χ1v) is 10.8. The van der Waals surface area contributed by atoms with E-state index in [4.69, 9.17) is 0 Å². The van der Waals surface area contributed by atoms with Crippen molar-refractivity contribution in [2.75, 3.05) is 6.54 Å². The van der Waals surface area contributed by atoms with Crippen molar-refractivity contribution >= 4 is 0 Å². The molecule has 2 atom stereocenters. The van der Waals surface area contributed by atoms with Gasteiger partial charge < -0.3 is 10.4 Å². The van der Waals surface area contributed by atoms with Crippen LogP contribution in [0.2, 0.25) is 0 Å². The van der Waals surface area contributed by atoms with E-state index in [1.165, 1.54) is 33.4 Å². The zero-order valence-corrected chi connectivity index (χ0v) is 18.3. The fourth-order valence-electron chi connectivity index (χ4n) is 4.83. The molecule has 1 saturated heterocycles. The van der Waals surface area contributed by atoms with Gasteiger partial charge in [0, 0.05) is 12.0 Å². The first kappa shape index (κ1) is 19.7. The average Bonchev–Trinajstić information content (AvgIpc) is 3.25. The Morgan fingerprint density at radius 1 is 0.857 bits per heavy atom. The van der Waals surface area contributed by atoms with Crippen molar-refractivity contribution < 1.29 is 5.11 Å². The SMILES string of the molecule is CC(C)(C)c1ccc2c(c1)C([C@H](O)[C@H]1CCCN1)c1cc(C(C)(C)C)ccc1-2. The van der Waals surface area contributed by atoms with E-state index >= 15 is 0 Å². The predicted molar refractivity (Wildman–Crippen MR) is 118 cm³/mol. The Bertz CT molecular complexity index is 815. The Morgan fingerprint density at radius 3 is 1.75 bits per heavy atom. The lowest BCUT2D eigenvalue weighted by molar-refractivity contribution is 0.120. The molecule has 28 heavy (non-hydrogen) atoms. The highest BCUT2D eigenvalue weighted by Gasteiger charge is 2.39. The number of benzene rings is 2. The average molecular weight is 378 g/mol. The van der Waals surface area contributed by atoms with E-state index in [0.29, 0.717) is 0 Å². The maximum absolute atomic E-state index is 11.5. The van der Waals surface area contributed by atoms with Gasteiger partial charge in [-0.05, 0) is 63.6 Å². The molecule has 0 bridgehead atoms. The van der Waals surface area contributed by atoms with Crippen molar-refractivity contribution in [1.82, 2.24) is 5.32 Å². The maximum atomic E-state index is 11.5. The first-order valence-electron chi connectivity index (χ1n) is 10.8. The molecule has 0 radical (unpaired) electrons. The molecule has 150 valence electrons. The fraction of sp³-hybridized carbons (Fsp3) is 0.538. The summed E-state index contributed by atoms with van der Waals surface area (Å²) in [7, 11) is 0. The molecule has 1 aliphatic carbocycles. The fourth-order valence-corrected chi connectivity index (χ4v) is 4.83. The Balaban J connectivity index is 1.88. The molecule has 2 aromatic carbocycles. The highest BCUT2D eigenvalue weighted by Crippen LogP contribution is 2.49. The molecule has 0 aromatic heterocycles. The molecule has 2 nitrogen and oxygen atoms in total. The molecule has 0 amide bonds. The zero-order valence-electron chi connectivity index (χ0n) is 18.3. The third kappa shape index (κ3) is 3.31. The normalized spacial score (nSPS) is 20.9. The summed E-state index contributed by atoms with van der Waals surface area (Å²) in [6.45, 7) is 14.6. The molecule has 1 heterocycles. The lowest BCUT2D eigenvalue weighted by Gasteiger charge is -2.28. The standard InChI is InChI=1S/C26H35NO/c1-25(2,3)16-9-11-18-19-12-10-17(26(4,5)6)15-21(19)23(20(18)14-16)24(28)22-8-7-13-27-22/h9-12,14-15,22-24,27-28H,7-8,13H2,1-6H3/t22-,24-/m1/s1. The van der Waals surface area contributed by atoms with Crippen LogP contribution < -0.4 is 5.32 Å². The topological polar surface area (TPSA) is 32.3 Å². The Hall–Kier alpha value is -1.64. The van der Waals surface area contributed by atoms with E-state index in [0.717, 1.165) is 19.4 Å². The van der Waals surface area contributed by atoms with Gasteiger partial charge in [0.05, 0.1) is 6.10 Å². The van der Waals surface area contributed by atoms with Crippen molar-refractivity contribution in [2.24, 2.45) is 0 Å². The summed E-state index contributed by atoms with van der Waals surface area (Å²) in [5.74, 6) is 0.0465. The number of rotatable bonds is 2. The minimum Gasteiger partial charge on any atom is -0.391 e. The van der Waals surface area contributed by atoms with Gasteiger partial charge >= 0.3 is 0 Å². The van der Waals surface area contributed by atoms with Gasteiger partial charge in [-0.3, -0.25) is 0 Å². The van der Waals surface area contributed by atoms with Crippen molar-refractivity contribution in [2.45, 2.75) is 83.3 Å². The molecule has 1 aliphatic heterocycles. The number of hydrogen-bond acceptors (Lipinski definition) is 2. The molecular weight excluding hydrogens is 342 g/mol. The van der Waals surface area contributed by atoms with E-state index in [9.17, 15) is 5.11 Å². The second kappa shape index (κ2) is 6.71. The molecule has 0 spiro atoms. The van der Waals surface area contributed by atoms with Crippen LogP contribution in [0, 0.1) is 0 Å². The van der Waals surface area contributed by atoms with Gasteiger partial charge in [0.25, 0.3) is 0 Å². The van der Waals surface area contributed by atoms with Gasteiger partial charge in [0.1, 0.15) is 0 Å². The summed E-state index contributed by atoms with van der Waals surface area (Å²) in [5.41, 5.74) is 8.07. The van der Waals surface area contributed by atoms with Gasteiger partial charge in [0.2, 0.25) is 0 Å². The number of aliphatic hydroxyl groups excluding tert-OH is 1. The van der Waals surface area contributed by atoms with Gasteiger partial charge in [0.15, 0.2) is 0 Å². The van der Waals surface area contributed by atoms with Gasteiger partial charge in [-0.2, -0.15) is 0 Å². The summed E-state index contributed by atoms with van der Waals surface area (Å²) >= 11 is 0.